The highest BCUT2D eigenvalue weighted by Gasteiger charge is 2.13. The Morgan fingerprint density at radius 2 is 2.41 bits per heavy atom. The summed E-state index contributed by atoms with van der Waals surface area (Å²) < 4.78 is 4.91. The second-order valence-electron chi connectivity index (χ2n) is 3.49. The number of hydrogen-bond donors (Lipinski definition) is 3. The molecule has 0 bridgehead atoms. The number of amides is 1. The first-order valence-electron chi connectivity index (χ1n) is 5.23. The Balaban J connectivity index is 2.57. The zero-order valence-electron chi connectivity index (χ0n) is 9.60. The first kappa shape index (κ1) is 13.3. The van der Waals surface area contributed by atoms with E-state index in [-0.39, 0.29) is 23.2 Å². The maximum Gasteiger partial charge on any atom is 0.271 e. The van der Waals surface area contributed by atoms with E-state index in [4.69, 9.17) is 10.5 Å². The predicted octanol–water partition coefficient (Wildman–Crippen LogP) is -1.14. The van der Waals surface area contributed by atoms with Gasteiger partial charge in [0.05, 0.1) is 0 Å². The topological polar surface area (TPSA) is 110 Å². The van der Waals surface area contributed by atoms with Crippen LogP contribution in [0, 0.1) is 0 Å². The maximum atomic E-state index is 11.7. The molecule has 1 aromatic heterocycles. The molecule has 0 radical (unpaired) electrons. The molecule has 1 aromatic rings. The third-order valence-electron chi connectivity index (χ3n) is 2.20. The summed E-state index contributed by atoms with van der Waals surface area (Å²) in [5, 5.41) is 8.53. The van der Waals surface area contributed by atoms with E-state index < -0.39 is 0 Å². The van der Waals surface area contributed by atoms with E-state index in [9.17, 15) is 9.59 Å². The maximum absolute atomic E-state index is 11.7. The van der Waals surface area contributed by atoms with Crippen molar-refractivity contribution >= 4 is 5.91 Å². The molecule has 1 heterocycles. The van der Waals surface area contributed by atoms with Gasteiger partial charge in [-0.1, -0.05) is 0 Å². The Morgan fingerprint density at radius 3 is 2.94 bits per heavy atom. The molecule has 1 rings (SSSR count). The number of nitrogens with zero attached hydrogens (tertiary/aromatic N) is 1. The van der Waals surface area contributed by atoms with Gasteiger partial charge in [0.15, 0.2) is 0 Å². The number of rotatable bonds is 6. The number of carbonyl (C=O) groups is 1. The molecule has 1 atom stereocenters. The van der Waals surface area contributed by atoms with Gasteiger partial charge in [0, 0.05) is 32.4 Å². The van der Waals surface area contributed by atoms with Crippen LogP contribution in [0.1, 0.15) is 16.9 Å². The molecular weight excluding hydrogens is 224 g/mol. The third-order valence-corrected chi connectivity index (χ3v) is 2.20. The number of H-pyrrole nitrogens is 1. The predicted molar refractivity (Wildman–Crippen MR) is 61.7 cm³/mol. The van der Waals surface area contributed by atoms with Gasteiger partial charge < -0.3 is 15.8 Å². The van der Waals surface area contributed by atoms with Crippen LogP contribution in [-0.4, -0.2) is 42.4 Å². The molecule has 0 aliphatic rings. The summed E-state index contributed by atoms with van der Waals surface area (Å²) in [6.07, 6.45) is 0.627. The quantitative estimate of drug-likeness (QED) is 0.582. The number of hydrogen-bond acceptors (Lipinski definition) is 5. The van der Waals surface area contributed by atoms with E-state index in [1.807, 2.05) is 0 Å². The van der Waals surface area contributed by atoms with Crippen LogP contribution in [0.25, 0.3) is 0 Å². The van der Waals surface area contributed by atoms with E-state index in [1.54, 1.807) is 7.11 Å². The lowest BCUT2D eigenvalue weighted by Crippen LogP contribution is -2.41. The van der Waals surface area contributed by atoms with Gasteiger partial charge in [-0.25, -0.2) is 5.10 Å². The molecule has 4 N–H and O–H groups in total. The van der Waals surface area contributed by atoms with E-state index >= 15 is 0 Å². The Morgan fingerprint density at radius 1 is 1.65 bits per heavy atom. The van der Waals surface area contributed by atoms with Gasteiger partial charge in [0.1, 0.15) is 5.69 Å². The van der Waals surface area contributed by atoms with E-state index in [0.717, 1.165) is 0 Å². The van der Waals surface area contributed by atoms with Gasteiger partial charge in [-0.05, 0) is 12.5 Å². The molecule has 0 aliphatic heterocycles. The average Bonchev–Trinajstić information content (AvgIpc) is 2.35. The van der Waals surface area contributed by atoms with Crippen LogP contribution in [-0.2, 0) is 4.74 Å². The number of ether oxygens (including phenoxy) is 1. The largest absolute Gasteiger partial charge is 0.385 e. The minimum Gasteiger partial charge on any atom is -0.385 e. The molecule has 0 aromatic carbocycles. The van der Waals surface area contributed by atoms with Crippen LogP contribution in [0.4, 0.5) is 0 Å². The highest BCUT2D eigenvalue weighted by atomic mass is 16.5. The molecule has 17 heavy (non-hydrogen) atoms. The van der Waals surface area contributed by atoms with Crippen LogP contribution < -0.4 is 16.6 Å². The highest BCUT2D eigenvalue weighted by Crippen LogP contribution is 1.94. The summed E-state index contributed by atoms with van der Waals surface area (Å²) in [7, 11) is 1.58. The summed E-state index contributed by atoms with van der Waals surface area (Å²) in [6.45, 7) is 0.833. The lowest BCUT2D eigenvalue weighted by molar-refractivity contribution is 0.0920. The second kappa shape index (κ2) is 6.77. The normalized spacial score (nSPS) is 12.1. The smallest absolute Gasteiger partial charge is 0.271 e. The first-order valence-corrected chi connectivity index (χ1v) is 5.23. The van der Waals surface area contributed by atoms with Crippen LogP contribution in [0.2, 0.25) is 0 Å². The van der Waals surface area contributed by atoms with Gasteiger partial charge in [-0.15, -0.1) is 0 Å². The lowest BCUT2D eigenvalue weighted by Gasteiger charge is -2.15. The molecule has 7 heteroatoms. The molecule has 0 saturated heterocycles. The van der Waals surface area contributed by atoms with Crippen molar-refractivity contribution in [2.24, 2.45) is 5.73 Å². The molecule has 0 saturated carbocycles. The van der Waals surface area contributed by atoms with Crippen molar-refractivity contribution in [3.05, 3.63) is 28.2 Å². The van der Waals surface area contributed by atoms with E-state index in [2.05, 4.69) is 15.5 Å². The molecule has 7 nitrogen and oxygen atoms in total. The Kier molecular flexibility index (Phi) is 5.31. The van der Waals surface area contributed by atoms with E-state index in [1.165, 1.54) is 12.1 Å². The molecule has 0 spiro atoms. The van der Waals surface area contributed by atoms with Crippen LogP contribution >= 0.6 is 0 Å². The van der Waals surface area contributed by atoms with Crippen molar-refractivity contribution < 1.29 is 9.53 Å². The fourth-order valence-electron chi connectivity index (χ4n) is 1.24. The molecule has 94 valence electrons. The summed E-state index contributed by atoms with van der Waals surface area (Å²) in [5.74, 6) is -0.368. The van der Waals surface area contributed by atoms with Crippen molar-refractivity contribution in [2.45, 2.75) is 12.5 Å². The number of carbonyl (C=O) groups excluding carboxylic acids is 1. The molecule has 1 amide bonds. The van der Waals surface area contributed by atoms with Crippen molar-refractivity contribution in [3.63, 3.8) is 0 Å². The fourth-order valence-corrected chi connectivity index (χ4v) is 1.24. The average molecular weight is 240 g/mol. The zero-order valence-corrected chi connectivity index (χ0v) is 9.60. The Bertz CT molecular complexity index is 398. The minimum atomic E-state index is -0.368. The van der Waals surface area contributed by atoms with Crippen LogP contribution in [0.5, 0.6) is 0 Å². The third kappa shape index (κ3) is 4.33. The summed E-state index contributed by atoms with van der Waals surface area (Å²) in [4.78, 5) is 22.5. The monoisotopic (exact) mass is 240 g/mol. The standard InChI is InChI=1S/C10H16N4O3/c1-17-5-4-7(6-11)12-10(16)8-2-3-9(15)14-13-8/h2-3,7H,4-6,11H2,1H3,(H,12,16)(H,14,15). The number of nitrogens with one attached hydrogen (secondary N) is 2. The number of aromatic nitrogens is 2. The fraction of sp³-hybridized carbons (Fsp3) is 0.500. The van der Waals surface area contributed by atoms with Gasteiger partial charge in [0.2, 0.25) is 0 Å². The number of nitrogens with two attached hydrogens (primary N) is 1. The first-order chi connectivity index (χ1) is 8.17. The second-order valence-corrected chi connectivity index (χ2v) is 3.49. The van der Waals surface area contributed by atoms with Gasteiger partial charge in [-0.2, -0.15) is 5.10 Å². The number of aromatic amines is 1. The summed E-state index contributed by atoms with van der Waals surface area (Å²) in [5.41, 5.74) is 5.32. The highest BCUT2D eigenvalue weighted by molar-refractivity contribution is 5.92. The lowest BCUT2D eigenvalue weighted by atomic mass is 10.2. The molecular formula is C10H16N4O3. The van der Waals surface area contributed by atoms with E-state index in [0.29, 0.717) is 19.6 Å². The zero-order chi connectivity index (χ0) is 12.7. The SMILES string of the molecule is COCCC(CN)NC(=O)c1ccc(=O)[nH]n1. The minimum absolute atomic E-state index is 0.153. The summed E-state index contributed by atoms with van der Waals surface area (Å²) >= 11 is 0. The van der Waals surface area contributed by atoms with Crippen molar-refractivity contribution in [2.75, 3.05) is 20.3 Å². The van der Waals surface area contributed by atoms with Crippen molar-refractivity contribution in [1.29, 1.82) is 0 Å². The van der Waals surface area contributed by atoms with Gasteiger partial charge in [-0.3, -0.25) is 9.59 Å². The Hall–Kier alpha value is -1.73. The number of methoxy groups -OCH3 is 1. The summed E-state index contributed by atoms with van der Waals surface area (Å²) in [6, 6.07) is 2.43. The molecule has 1 unspecified atom stereocenters. The van der Waals surface area contributed by atoms with Gasteiger partial charge >= 0.3 is 0 Å². The van der Waals surface area contributed by atoms with Crippen LogP contribution in [0.3, 0.4) is 0 Å². The molecule has 0 fully saturated rings. The van der Waals surface area contributed by atoms with Crippen LogP contribution in [0.15, 0.2) is 16.9 Å². The van der Waals surface area contributed by atoms with Gasteiger partial charge in [0.25, 0.3) is 11.5 Å². The Labute approximate surface area is 98.4 Å². The van der Waals surface area contributed by atoms with Crippen molar-refractivity contribution in [3.8, 4) is 0 Å². The molecule has 0 aliphatic carbocycles. The van der Waals surface area contributed by atoms with Crippen molar-refractivity contribution in [1.82, 2.24) is 15.5 Å².